The van der Waals surface area contributed by atoms with Crippen LogP contribution in [-0.2, 0) is 6.42 Å². The van der Waals surface area contributed by atoms with E-state index in [1.54, 1.807) is 18.2 Å². The molecule has 96 valence electrons. The van der Waals surface area contributed by atoms with E-state index in [1.165, 1.54) is 0 Å². The van der Waals surface area contributed by atoms with E-state index in [4.69, 9.17) is 21.9 Å². The minimum atomic E-state index is 0.120. The number of halogens is 1. The Kier molecular flexibility index (Phi) is 3.30. The normalized spacial score (nSPS) is 11.8. The fourth-order valence-corrected chi connectivity index (χ4v) is 1.90. The molecule has 1 aromatic heterocycles. The van der Waals surface area contributed by atoms with Gasteiger partial charge in [-0.15, -0.1) is 0 Å². The summed E-state index contributed by atoms with van der Waals surface area (Å²) < 4.78 is 5.23. The van der Waals surface area contributed by atoms with Gasteiger partial charge in [-0.25, -0.2) is 0 Å². The second kappa shape index (κ2) is 4.61. The number of hydrogen-bond donors (Lipinski definition) is 1. The fraction of sp³-hybridized carbons (Fsp3) is 0.385. The van der Waals surface area contributed by atoms with Crippen LogP contribution < -0.4 is 5.73 Å². The fourth-order valence-electron chi connectivity index (χ4n) is 1.65. The lowest BCUT2D eigenvalue weighted by Gasteiger charge is -2.14. The van der Waals surface area contributed by atoms with Crippen LogP contribution in [0.3, 0.4) is 0 Å². The van der Waals surface area contributed by atoms with Gasteiger partial charge in [0.2, 0.25) is 0 Å². The first-order valence-corrected chi connectivity index (χ1v) is 6.10. The number of rotatable bonds is 2. The van der Waals surface area contributed by atoms with Gasteiger partial charge in [0.15, 0.2) is 5.82 Å². The Hall–Kier alpha value is -1.55. The van der Waals surface area contributed by atoms with Crippen LogP contribution in [-0.4, -0.2) is 10.1 Å². The molecule has 18 heavy (non-hydrogen) atoms. The second-order valence-electron chi connectivity index (χ2n) is 5.53. The lowest BCUT2D eigenvalue weighted by Crippen LogP contribution is -2.10. The minimum absolute atomic E-state index is 0.120. The maximum atomic E-state index is 5.94. The van der Waals surface area contributed by atoms with Crippen molar-refractivity contribution < 1.29 is 4.52 Å². The molecule has 0 aliphatic carbocycles. The third kappa shape index (κ3) is 3.23. The monoisotopic (exact) mass is 265 g/mol. The van der Waals surface area contributed by atoms with Gasteiger partial charge in [0.1, 0.15) is 0 Å². The van der Waals surface area contributed by atoms with Crippen molar-refractivity contribution in [2.24, 2.45) is 5.41 Å². The summed E-state index contributed by atoms with van der Waals surface area (Å²) in [5.41, 5.74) is 7.17. The lowest BCUT2D eigenvalue weighted by molar-refractivity contribution is 0.374. The van der Waals surface area contributed by atoms with Crippen LogP contribution in [0, 0.1) is 5.41 Å². The van der Waals surface area contributed by atoms with Gasteiger partial charge in [0.05, 0.1) is 0 Å². The molecule has 0 saturated carbocycles. The highest BCUT2D eigenvalue weighted by Gasteiger charge is 2.17. The zero-order chi connectivity index (χ0) is 13.3. The van der Waals surface area contributed by atoms with Crippen molar-refractivity contribution in [3.63, 3.8) is 0 Å². The summed E-state index contributed by atoms with van der Waals surface area (Å²) in [6.07, 6.45) is 0.756. The molecule has 0 atom stereocenters. The Bertz CT molecular complexity index is 537. The van der Waals surface area contributed by atoms with Gasteiger partial charge < -0.3 is 10.3 Å². The first kappa shape index (κ1) is 12.9. The van der Waals surface area contributed by atoms with Crippen LogP contribution in [0.15, 0.2) is 22.7 Å². The number of hydrogen-bond acceptors (Lipinski definition) is 4. The zero-order valence-corrected chi connectivity index (χ0v) is 11.5. The van der Waals surface area contributed by atoms with E-state index in [9.17, 15) is 0 Å². The molecule has 2 rings (SSSR count). The Morgan fingerprint density at radius 1 is 1.28 bits per heavy atom. The zero-order valence-electron chi connectivity index (χ0n) is 10.7. The van der Waals surface area contributed by atoms with Crippen molar-refractivity contribution >= 4 is 17.3 Å². The van der Waals surface area contributed by atoms with Crippen molar-refractivity contribution in [1.29, 1.82) is 0 Å². The van der Waals surface area contributed by atoms with Crippen LogP contribution in [0.4, 0.5) is 5.69 Å². The highest BCUT2D eigenvalue weighted by molar-refractivity contribution is 6.31. The summed E-state index contributed by atoms with van der Waals surface area (Å²) in [6, 6.07) is 5.20. The first-order chi connectivity index (χ1) is 8.33. The van der Waals surface area contributed by atoms with Gasteiger partial charge in [0.25, 0.3) is 5.89 Å². The predicted molar refractivity (Wildman–Crippen MR) is 72.3 cm³/mol. The Balaban J connectivity index is 2.29. The van der Waals surface area contributed by atoms with Crippen molar-refractivity contribution in [2.75, 3.05) is 5.73 Å². The van der Waals surface area contributed by atoms with E-state index in [1.807, 2.05) is 0 Å². The number of aromatic nitrogens is 2. The number of anilines is 1. The Morgan fingerprint density at radius 3 is 2.61 bits per heavy atom. The highest BCUT2D eigenvalue weighted by atomic mass is 35.5. The number of nitrogen functional groups attached to an aromatic ring is 1. The summed E-state index contributed by atoms with van der Waals surface area (Å²) in [6.45, 7) is 6.38. The van der Waals surface area contributed by atoms with Gasteiger partial charge in [-0.3, -0.25) is 0 Å². The Labute approximate surface area is 111 Å². The molecule has 0 aliphatic rings. The molecule has 0 amide bonds. The molecule has 0 spiro atoms. The maximum absolute atomic E-state index is 5.94. The summed E-state index contributed by atoms with van der Waals surface area (Å²) in [7, 11) is 0. The van der Waals surface area contributed by atoms with E-state index in [-0.39, 0.29) is 5.41 Å². The predicted octanol–water partition coefficient (Wildman–Crippen LogP) is 3.56. The SMILES string of the molecule is CC(C)(C)Cc1noc(-c2cc(N)cc(Cl)c2)n1. The van der Waals surface area contributed by atoms with Crippen LogP contribution >= 0.6 is 11.6 Å². The molecule has 0 bridgehead atoms. The Morgan fingerprint density at radius 2 is 2.00 bits per heavy atom. The van der Waals surface area contributed by atoms with Crippen LogP contribution in [0.25, 0.3) is 11.5 Å². The van der Waals surface area contributed by atoms with Crippen molar-refractivity contribution in [2.45, 2.75) is 27.2 Å². The standard InChI is InChI=1S/C13H16ClN3O/c1-13(2,3)7-11-16-12(18-17-11)8-4-9(14)6-10(15)5-8/h4-6H,7,15H2,1-3H3. The highest BCUT2D eigenvalue weighted by Crippen LogP contribution is 2.26. The van der Waals surface area contributed by atoms with E-state index in [0.717, 1.165) is 12.0 Å². The van der Waals surface area contributed by atoms with Gasteiger partial charge in [-0.05, 0) is 23.6 Å². The largest absolute Gasteiger partial charge is 0.399 e. The summed E-state index contributed by atoms with van der Waals surface area (Å²) in [5, 5.41) is 4.52. The van der Waals surface area contributed by atoms with E-state index >= 15 is 0 Å². The quantitative estimate of drug-likeness (QED) is 0.843. The van der Waals surface area contributed by atoms with Crippen molar-refractivity contribution in [3.8, 4) is 11.5 Å². The molecule has 2 N–H and O–H groups in total. The van der Waals surface area contributed by atoms with Gasteiger partial charge in [-0.1, -0.05) is 37.5 Å². The first-order valence-electron chi connectivity index (χ1n) is 5.72. The summed E-state index contributed by atoms with van der Waals surface area (Å²) in [5.74, 6) is 1.14. The van der Waals surface area contributed by atoms with E-state index in [0.29, 0.717) is 22.4 Å². The average molecular weight is 266 g/mol. The minimum Gasteiger partial charge on any atom is -0.399 e. The second-order valence-corrected chi connectivity index (χ2v) is 5.96. The molecule has 5 heteroatoms. The lowest BCUT2D eigenvalue weighted by atomic mass is 9.92. The van der Waals surface area contributed by atoms with Gasteiger partial charge >= 0.3 is 0 Å². The molecule has 0 radical (unpaired) electrons. The summed E-state index contributed by atoms with van der Waals surface area (Å²) in [4.78, 5) is 4.36. The molecule has 1 aromatic carbocycles. The van der Waals surface area contributed by atoms with Gasteiger partial charge in [-0.2, -0.15) is 4.98 Å². The molecule has 0 unspecified atom stereocenters. The molecule has 0 fully saturated rings. The third-order valence-electron chi connectivity index (χ3n) is 2.32. The average Bonchev–Trinajstić information content (AvgIpc) is 2.61. The molecule has 2 aromatic rings. The molecule has 0 saturated heterocycles. The summed E-state index contributed by atoms with van der Waals surface area (Å²) >= 11 is 5.94. The third-order valence-corrected chi connectivity index (χ3v) is 2.54. The number of nitrogens with zero attached hydrogens (tertiary/aromatic N) is 2. The topological polar surface area (TPSA) is 64.9 Å². The molecule has 4 nitrogen and oxygen atoms in total. The smallest absolute Gasteiger partial charge is 0.258 e. The molecule has 0 aliphatic heterocycles. The molecular formula is C13H16ClN3O. The number of benzene rings is 1. The number of nitrogens with two attached hydrogens (primary N) is 1. The maximum Gasteiger partial charge on any atom is 0.258 e. The van der Waals surface area contributed by atoms with Crippen LogP contribution in [0.2, 0.25) is 5.02 Å². The molecule has 1 heterocycles. The van der Waals surface area contributed by atoms with E-state index in [2.05, 4.69) is 30.9 Å². The molecular weight excluding hydrogens is 250 g/mol. The van der Waals surface area contributed by atoms with Gasteiger partial charge in [0, 0.05) is 22.7 Å². The van der Waals surface area contributed by atoms with Crippen LogP contribution in [0.1, 0.15) is 26.6 Å². The van der Waals surface area contributed by atoms with Crippen molar-refractivity contribution in [3.05, 3.63) is 29.0 Å². The van der Waals surface area contributed by atoms with Crippen molar-refractivity contribution in [1.82, 2.24) is 10.1 Å². The van der Waals surface area contributed by atoms with Crippen LogP contribution in [0.5, 0.6) is 0 Å². The van der Waals surface area contributed by atoms with E-state index < -0.39 is 0 Å².